The van der Waals surface area contributed by atoms with E-state index in [1.807, 2.05) is 0 Å². The van der Waals surface area contributed by atoms with Gasteiger partial charge in [-0.25, -0.2) is 4.39 Å². The Morgan fingerprint density at radius 2 is 2.00 bits per heavy atom. The summed E-state index contributed by atoms with van der Waals surface area (Å²) >= 11 is 0. The summed E-state index contributed by atoms with van der Waals surface area (Å²) in [5.41, 5.74) is 6.92. The van der Waals surface area contributed by atoms with Gasteiger partial charge in [-0.1, -0.05) is 31.4 Å². The van der Waals surface area contributed by atoms with Gasteiger partial charge in [0.15, 0.2) is 0 Å². The first-order valence-electron chi connectivity index (χ1n) is 6.55. The van der Waals surface area contributed by atoms with Gasteiger partial charge in [-0.2, -0.15) is 0 Å². The van der Waals surface area contributed by atoms with E-state index in [1.165, 1.54) is 25.3 Å². The quantitative estimate of drug-likeness (QED) is 0.913. The van der Waals surface area contributed by atoms with Crippen molar-refractivity contribution in [1.82, 2.24) is 0 Å². The molecule has 1 aromatic carbocycles. The zero-order valence-electron chi connectivity index (χ0n) is 10.5. The predicted octanol–water partition coefficient (Wildman–Crippen LogP) is 2.87. The lowest BCUT2D eigenvalue weighted by Crippen LogP contribution is -2.20. The van der Waals surface area contributed by atoms with Gasteiger partial charge in [0.2, 0.25) is 0 Å². The molecule has 4 heteroatoms. The maximum Gasteiger partial charge on any atom is 0.127 e. The minimum absolute atomic E-state index is 0.190. The van der Waals surface area contributed by atoms with E-state index in [-0.39, 0.29) is 12.4 Å². The molecule has 0 heterocycles. The van der Waals surface area contributed by atoms with Gasteiger partial charge in [0, 0.05) is 33.9 Å². The molecule has 0 spiro atoms. The summed E-state index contributed by atoms with van der Waals surface area (Å²) in [4.78, 5) is 0. The van der Waals surface area contributed by atoms with Crippen molar-refractivity contribution in [2.24, 2.45) is 5.73 Å². The summed E-state index contributed by atoms with van der Waals surface area (Å²) in [6.45, 7) is 0.190. The second-order valence-electron chi connectivity index (χ2n) is 4.91. The lowest BCUT2D eigenvalue weighted by molar-refractivity contribution is 0.504. The second kappa shape index (κ2) is 6.43. The summed E-state index contributed by atoms with van der Waals surface area (Å²) in [6, 6.07) is 4.89. The lowest BCUT2D eigenvalue weighted by atomic mass is 10.0. The Balaban J connectivity index is 2.02. The Bertz CT molecular complexity index is 430. The molecule has 18 heavy (non-hydrogen) atoms. The molecule has 0 saturated heterocycles. The van der Waals surface area contributed by atoms with Crippen LogP contribution in [0.3, 0.4) is 0 Å². The third-order valence-electron chi connectivity index (χ3n) is 3.56. The highest BCUT2D eigenvalue weighted by Crippen LogP contribution is 2.24. The molecular weight excluding hydrogens is 249 g/mol. The van der Waals surface area contributed by atoms with E-state index in [4.69, 9.17) is 5.73 Å². The molecule has 1 aliphatic rings. The van der Waals surface area contributed by atoms with Crippen molar-refractivity contribution in [3.63, 3.8) is 0 Å². The van der Waals surface area contributed by atoms with Gasteiger partial charge in [-0.15, -0.1) is 0 Å². The maximum atomic E-state index is 13.3. The third kappa shape index (κ3) is 3.39. The molecule has 0 amide bonds. The molecule has 0 aliphatic heterocycles. The monoisotopic (exact) mass is 269 g/mol. The molecule has 2 rings (SSSR count). The molecule has 1 aromatic rings. The first-order chi connectivity index (χ1) is 8.70. The predicted molar refractivity (Wildman–Crippen MR) is 73.0 cm³/mol. The topological polar surface area (TPSA) is 43.1 Å². The van der Waals surface area contributed by atoms with Gasteiger partial charge in [0.1, 0.15) is 5.82 Å². The van der Waals surface area contributed by atoms with Crippen molar-refractivity contribution < 1.29 is 8.60 Å². The van der Waals surface area contributed by atoms with E-state index in [1.54, 1.807) is 12.1 Å². The number of halogens is 1. The molecule has 1 atom stereocenters. The van der Waals surface area contributed by atoms with Crippen LogP contribution >= 0.6 is 0 Å². The number of rotatable bonds is 4. The molecule has 1 aliphatic carbocycles. The Hall–Kier alpha value is -0.740. The van der Waals surface area contributed by atoms with Crippen molar-refractivity contribution >= 4 is 10.8 Å². The highest BCUT2D eigenvalue weighted by Gasteiger charge is 2.20. The normalized spacial score (nSPS) is 18.8. The summed E-state index contributed by atoms with van der Waals surface area (Å²) in [7, 11) is -0.838. The van der Waals surface area contributed by atoms with Crippen LogP contribution in [0.15, 0.2) is 18.2 Å². The standard InChI is InChI=1S/C14H20FNOS/c15-14-7-6-11(8-12(14)9-16)10-18(17)13-4-2-1-3-5-13/h6-8,13H,1-5,9-10,16H2. The van der Waals surface area contributed by atoms with Crippen LogP contribution in [0.2, 0.25) is 0 Å². The number of benzene rings is 1. The average Bonchev–Trinajstić information content (AvgIpc) is 2.42. The average molecular weight is 269 g/mol. The van der Waals surface area contributed by atoms with Crippen molar-refractivity contribution in [3.8, 4) is 0 Å². The van der Waals surface area contributed by atoms with Crippen LogP contribution in [0.1, 0.15) is 43.2 Å². The van der Waals surface area contributed by atoms with Crippen molar-refractivity contribution in [2.45, 2.75) is 49.7 Å². The largest absolute Gasteiger partial charge is 0.326 e. The highest BCUT2D eigenvalue weighted by molar-refractivity contribution is 7.84. The Kier molecular flexibility index (Phi) is 4.89. The Labute approximate surface area is 110 Å². The van der Waals surface area contributed by atoms with Crippen molar-refractivity contribution in [2.75, 3.05) is 0 Å². The first-order valence-corrected chi connectivity index (χ1v) is 7.93. The fraction of sp³-hybridized carbons (Fsp3) is 0.571. The minimum atomic E-state index is -0.838. The molecule has 1 saturated carbocycles. The molecule has 1 fully saturated rings. The van der Waals surface area contributed by atoms with Crippen LogP contribution in [-0.2, 0) is 23.1 Å². The van der Waals surface area contributed by atoms with Crippen LogP contribution in [-0.4, -0.2) is 9.46 Å². The van der Waals surface area contributed by atoms with Crippen LogP contribution in [0.4, 0.5) is 4.39 Å². The van der Waals surface area contributed by atoms with E-state index >= 15 is 0 Å². The zero-order valence-corrected chi connectivity index (χ0v) is 11.3. The fourth-order valence-corrected chi connectivity index (χ4v) is 4.09. The fourth-order valence-electron chi connectivity index (χ4n) is 2.48. The van der Waals surface area contributed by atoms with Gasteiger partial charge in [0.25, 0.3) is 0 Å². The second-order valence-corrected chi connectivity index (χ2v) is 6.63. The van der Waals surface area contributed by atoms with Crippen LogP contribution in [0.25, 0.3) is 0 Å². The summed E-state index contributed by atoms with van der Waals surface area (Å²) < 4.78 is 25.5. The molecule has 100 valence electrons. The third-order valence-corrected chi connectivity index (χ3v) is 5.40. The van der Waals surface area contributed by atoms with Crippen molar-refractivity contribution in [3.05, 3.63) is 35.1 Å². The number of hydrogen-bond donors (Lipinski definition) is 1. The van der Waals surface area contributed by atoms with Gasteiger partial charge < -0.3 is 5.73 Å². The molecule has 0 radical (unpaired) electrons. The van der Waals surface area contributed by atoms with E-state index in [9.17, 15) is 8.60 Å². The zero-order chi connectivity index (χ0) is 13.0. The molecule has 2 nitrogen and oxygen atoms in total. The van der Waals surface area contributed by atoms with E-state index in [2.05, 4.69) is 0 Å². The summed E-state index contributed by atoms with van der Waals surface area (Å²) in [6.07, 6.45) is 5.78. The van der Waals surface area contributed by atoms with Crippen LogP contribution in [0, 0.1) is 5.82 Å². The Morgan fingerprint density at radius 1 is 1.28 bits per heavy atom. The van der Waals surface area contributed by atoms with Gasteiger partial charge in [0.05, 0.1) is 0 Å². The maximum absolute atomic E-state index is 13.3. The number of nitrogens with two attached hydrogens (primary N) is 1. The van der Waals surface area contributed by atoms with Crippen LogP contribution < -0.4 is 5.73 Å². The van der Waals surface area contributed by atoms with E-state index in [0.717, 1.165) is 18.4 Å². The van der Waals surface area contributed by atoms with Gasteiger partial charge in [-0.05, 0) is 24.5 Å². The van der Waals surface area contributed by atoms with Crippen molar-refractivity contribution in [1.29, 1.82) is 0 Å². The molecule has 0 bridgehead atoms. The van der Waals surface area contributed by atoms with E-state index in [0.29, 0.717) is 16.6 Å². The molecule has 1 unspecified atom stereocenters. The number of hydrogen-bond acceptors (Lipinski definition) is 2. The van der Waals surface area contributed by atoms with Gasteiger partial charge in [-0.3, -0.25) is 4.21 Å². The molecule has 2 N–H and O–H groups in total. The van der Waals surface area contributed by atoms with Gasteiger partial charge >= 0.3 is 0 Å². The highest BCUT2D eigenvalue weighted by atomic mass is 32.2. The smallest absolute Gasteiger partial charge is 0.127 e. The molecular formula is C14H20FNOS. The summed E-state index contributed by atoms with van der Waals surface area (Å²) in [5.74, 6) is 0.252. The van der Waals surface area contributed by atoms with E-state index < -0.39 is 10.8 Å². The SMILES string of the molecule is NCc1cc(CS(=O)C2CCCCC2)ccc1F. The lowest BCUT2D eigenvalue weighted by Gasteiger charge is -2.21. The van der Waals surface area contributed by atoms with Crippen LogP contribution in [0.5, 0.6) is 0 Å². The molecule has 0 aromatic heterocycles. The minimum Gasteiger partial charge on any atom is -0.326 e. The Morgan fingerprint density at radius 3 is 2.67 bits per heavy atom. The summed E-state index contributed by atoms with van der Waals surface area (Å²) in [5, 5.41) is 0.324. The first kappa shape index (κ1) is 13.7.